The number of ether oxygens (including phenoxy) is 1. The molecular weight excluding hydrogens is 309 g/mol. The summed E-state index contributed by atoms with van der Waals surface area (Å²) in [7, 11) is 0. The van der Waals surface area contributed by atoms with Crippen LogP contribution in [0.1, 0.15) is 32.1 Å². The summed E-state index contributed by atoms with van der Waals surface area (Å²) in [6.07, 6.45) is -2.51. The topological polar surface area (TPSA) is 55.6 Å². The Morgan fingerprint density at radius 1 is 1.19 bits per heavy atom. The Morgan fingerprint density at radius 2 is 1.81 bits per heavy atom. The van der Waals surface area contributed by atoms with Crippen molar-refractivity contribution in [2.24, 2.45) is 11.7 Å². The van der Waals surface area contributed by atoms with E-state index in [0.717, 1.165) is 17.7 Å². The summed E-state index contributed by atoms with van der Waals surface area (Å²) in [5, 5.41) is 0. The molecule has 0 radical (unpaired) electrons. The van der Waals surface area contributed by atoms with Crippen molar-refractivity contribution < 1.29 is 22.7 Å². The molecule has 2 fully saturated rings. The zero-order chi connectivity index (χ0) is 14.8. The molecule has 4 nitrogen and oxygen atoms in total. The first-order valence-electron chi connectivity index (χ1n) is 7.07. The molecule has 2 rings (SSSR count). The normalized spacial score (nSPS) is 28.1. The van der Waals surface area contributed by atoms with E-state index in [0.29, 0.717) is 19.6 Å². The fourth-order valence-corrected chi connectivity index (χ4v) is 2.93. The van der Waals surface area contributed by atoms with Crippen molar-refractivity contribution >= 4 is 18.3 Å². The highest BCUT2D eigenvalue weighted by Crippen LogP contribution is 2.33. The number of nitrogens with two attached hydrogens (primary N) is 1. The highest BCUT2D eigenvalue weighted by Gasteiger charge is 2.47. The summed E-state index contributed by atoms with van der Waals surface area (Å²) in [4.78, 5) is 13.1. The van der Waals surface area contributed by atoms with Crippen LogP contribution >= 0.6 is 12.4 Å². The molecule has 2 N–H and O–H groups in total. The van der Waals surface area contributed by atoms with Gasteiger partial charge in [-0.15, -0.1) is 12.4 Å². The first-order valence-corrected chi connectivity index (χ1v) is 7.07. The zero-order valence-electron chi connectivity index (χ0n) is 11.8. The Balaban J connectivity index is 0.00000220. The number of carbonyl (C=O) groups is 1. The molecule has 0 aliphatic carbocycles. The number of likely N-dealkylation sites (tertiary alicyclic amines) is 1. The molecule has 2 saturated heterocycles. The van der Waals surface area contributed by atoms with Gasteiger partial charge in [-0.05, 0) is 31.6 Å². The third kappa shape index (κ3) is 5.00. The quantitative estimate of drug-likeness (QED) is 0.843. The van der Waals surface area contributed by atoms with Crippen LogP contribution in [0.2, 0.25) is 0 Å². The summed E-state index contributed by atoms with van der Waals surface area (Å²) >= 11 is 0. The third-order valence-corrected chi connectivity index (χ3v) is 4.12. The van der Waals surface area contributed by atoms with Crippen LogP contribution in [-0.4, -0.2) is 48.8 Å². The van der Waals surface area contributed by atoms with E-state index in [-0.39, 0.29) is 43.8 Å². The van der Waals surface area contributed by atoms with Gasteiger partial charge in [0.2, 0.25) is 5.91 Å². The second kappa shape index (κ2) is 7.65. The SMILES string of the molecule is Cl.NC1CCC(C(F)(F)F)N(C(=O)CC2CCOCC2)C1. The molecule has 2 unspecified atom stereocenters. The van der Waals surface area contributed by atoms with E-state index >= 15 is 0 Å². The summed E-state index contributed by atoms with van der Waals surface area (Å²) in [6.45, 7) is 1.17. The molecule has 0 aromatic rings. The largest absolute Gasteiger partial charge is 0.408 e. The zero-order valence-corrected chi connectivity index (χ0v) is 12.6. The minimum absolute atomic E-state index is 0. The van der Waals surface area contributed by atoms with E-state index in [2.05, 4.69) is 0 Å². The molecule has 2 aliphatic rings. The molecule has 124 valence electrons. The van der Waals surface area contributed by atoms with Crippen LogP contribution in [0.5, 0.6) is 0 Å². The first kappa shape index (κ1) is 18.5. The number of halogens is 4. The van der Waals surface area contributed by atoms with Gasteiger partial charge >= 0.3 is 6.18 Å². The van der Waals surface area contributed by atoms with Gasteiger partial charge in [0.25, 0.3) is 0 Å². The average molecular weight is 331 g/mol. The van der Waals surface area contributed by atoms with E-state index in [9.17, 15) is 18.0 Å². The van der Waals surface area contributed by atoms with Crippen LogP contribution in [0.15, 0.2) is 0 Å². The second-order valence-electron chi connectivity index (χ2n) is 5.70. The first-order chi connectivity index (χ1) is 9.38. The Morgan fingerprint density at radius 3 is 2.38 bits per heavy atom. The lowest BCUT2D eigenvalue weighted by atomic mass is 9.93. The molecule has 21 heavy (non-hydrogen) atoms. The highest BCUT2D eigenvalue weighted by molar-refractivity contribution is 5.85. The van der Waals surface area contributed by atoms with Crippen molar-refractivity contribution in [1.29, 1.82) is 0 Å². The lowest BCUT2D eigenvalue weighted by molar-refractivity contribution is -0.197. The number of hydrogen-bond acceptors (Lipinski definition) is 3. The number of piperidine rings is 1. The molecule has 0 saturated carbocycles. The number of rotatable bonds is 2. The van der Waals surface area contributed by atoms with E-state index < -0.39 is 18.1 Å². The molecule has 0 aromatic carbocycles. The second-order valence-corrected chi connectivity index (χ2v) is 5.70. The standard InChI is InChI=1S/C13H21F3N2O2.ClH/c14-13(15,16)11-2-1-10(17)8-18(11)12(19)7-9-3-5-20-6-4-9;/h9-11H,1-8,17H2;1H. The van der Waals surface area contributed by atoms with Crippen LogP contribution in [0.3, 0.4) is 0 Å². The minimum Gasteiger partial charge on any atom is -0.381 e. The molecule has 2 aliphatic heterocycles. The van der Waals surface area contributed by atoms with Crippen LogP contribution in [0.25, 0.3) is 0 Å². The van der Waals surface area contributed by atoms with Crippen molar-refractivity contribution in [3.8, 4) is 0 Å². The summed E-state index contributed by atoms with van der Waals surface area (Å²) in [5.41, 5.74) is 5.72. The highest BCUT2D eigenvalue weighted by atomic mass is 35.5. The van der Waals surface area contributed by atoms with Gasteiger partial charge in [0.05, 0.1) is 0 Å². The molecule has 0 aromatic heterocycles. The van der Waals surface area contributed by atoms with Gasteiger partial charge in [-0.2, -0.15) is 13.2 Å². The Bertz CT molecular complexity index is 349. The van der Waals surface area contributed by atoms with Crippen molar-refractivity contribution in [3.63, 3.8) is 0 Å². The number of nitrogens with zero attached hydrogens (tertiary/aromatic N) is 1. The van der Waals surface area contributed by atoms with Crippen molar-refractivity contribution in [2.45, 2.75) is 50.4 Å². The van der Waals surface area contributed by atoms with E-state index in [1.165, 1.54) is 0 Å². The molecule has 8 heteroatoms. The monoisotopic (exact) mass is 330 g/mol. The van der Waals surface area contributed by atoms with Gasteiger partial charge in [0, 0.05) is 32.2 Å². The van der Waals surface area contributed by atoms with E-state index in [1.54, 1.807) is 0 Å². The predicted molar refractivity (Wildman–Crippen MR) is 74.2 cm³/mol. The maximum Gasteiger partial charge on any atom is 0.408 e. The van der Waals surface area contributed by atoms with E-state index in [4.69, 9.17) is 10.5 Å². The maximum atomic E-state index is 13.0. The number of amides is 1. The van der Waals surface area contributed by atoms with Gasteiger partial charge in [0.1, 0.15) is 6.04 Å². The van der Waals surface area contributed by atoms with Gasteiger partial charge in [0.15, 0.2) is 0 Å². The maximum absolute atomic E-state index is 13.0. The molecular formula is C13H22ClF3N2O2. The molecule has 2 heterocycles. The van der Waals surface area contributed by atoms with Crippen molar-refractivity contribution in [2.75, 3.05) is 19.8 Å². The van der Waals surface area contributed by atoms with Gasteiger partial charge < -0.3 is 15.4 Å². The minimum atomic E-state index is -4.37. The smallest absolute Gasteiger partial charge is 0.381 e. The van der Waals surface area contributed by atoms with Gasteiger partial charge in [-0.25, -0.2) is 0 Å². The lowest BCUT2D eigenvalue weighted by Crippen LogP contribution is -2.56. The Labute approximate surface area is 128 Å². The fourth-order valence-electron chi connectivity index (χ4n) is 2.93. The van der Waals surface area contributed by atoms with Crippen molar-refractivity contribution in [1.82, 2.24) is 4.90 Å². The molecule has 0 bridgehead atoms. The summed E-state index contributed by atoms with van der Waals surface area (Å²) < 4.78 is 44.2. The number of hydrogen-bond donors (Lipinski definition) is 1. The van der Waals surface area contributed by atoms with Crippen LogP contribution in [-0.2, 0) is 9.53 Å². The van der Waals surface area contributed by atoms with E-state index in [1.807, 2.05) is 0 Å². The van der Waals surface area contributed by atoms with Crippen molar-refractivity contribution in [3.05, 3.63) is 0 Å². The third-order valence-electron chi connectivity index (χ3n) is 4.12. The Kier molecular flexibility index (Phi) is 6.74. The van der Waals surface area contributed by atoms with Gasteiger partial charge in [-0.3, -0.25) is 4.79 Å². The predicted octanol–water partition coefficient (Wildman–Crippen LogP) is 2.11. The number of alkyl halides is 3. The lowest BCUT2D eigenvalue weighted by Gasteiger charge is -2.40. The molecule has 1 amide bonds. The number of carbonyl (C=O) groups excluding carboxylic acids is 1. The summed E-state index contributed by atoms with van der Waals surface area (Å²) in [6, 6.07) is -2.03. The average Bonchev–Trinajstić information content (AvgIpc) is 2.38. The molecule has 2 atom stereocenters. The fraction of sp³-hybridized carbons (Fsp3) is 0.923. The van der Waals surface area contributed by atoms with Gasteiger partial charge in [-0.1, -0.05) is 0 Å². The van der Waals surface area contributed by atoms with Crippen LogP contribution < -0.4 is 5.73 Å². The Hall–Kier alpha value is -0.530. The molecule has 0 spiro atoms. The van der Waals surface area contributed by atoms with Crippen LogP contribution in [0.4, 0.5) is 13.2 Å². The van der Waals surface area contributed by atoms with Crippen LogP contribution in [0, 0.1) is 5.92 Å². The summed E-state index contributed by atoms with van der Waals surface area (Å²) in [5.74, 6) is -0.294.